The number of aromatic amines is 1. The average Bonchev–Trinajstić information content (AvgIpc) is 3.32. The number of fused-ring (bicyclic) bond motifs is 1. The van der Waals surface area contributed by atoms with Crippen LogP contribution in [0.15, 0.2) is 60.8 Å². The molecule has 2 aromatic carbocycles. The van der Waals surface area contributed by atoms with Gasteiger partial charge < -0.3 is 14.6 Å². The van der Waals surface area contributed by atoms with Gasteiger partial charge in [-0.15, -0.1) is 0 Å². The first kappa shape index (κ1) is 24.4. The highest BCUT2D eigenvalue weighted by Gasteiger charge is 2.20. The number of benzene rings is 2. The van der Waals surface area contributed by atoms with Gasteiger partial charge in [-0.2, -0.15) is 0 Å². The summed E-state index contributed by atoms with van der Waals surface area (Å²) in [6.45, 7) is 7.26. The standard InChI is InChI=1S/C28H33N5O2/c1-5-16-33(17-6-2)19-21-14-13-20(18-25(21)35-4)28(34)32(3)24-12-8-7-10-22(24)26-30-23-11-9-15-29-27(23)31-26/h7-15,18H,5-6,16-17,19H2,1-4H3,(H,29,30,31). The summed E-state index contributed by atoms with van der Waals surface area (Å²) >= 11 is 0. The van der Waals surface area contributed by atoms with Crippen LogP contribution in [0.4, 0.5) is 5.69 Å². The maximum Gasteiger partial charge on any atom is 0.258 e. The van der Waals surface area contributed by atoms with E-state index in [4.69, 9.17) is 4.74 Å². The number of carbonyl (C=O) groups is 1. The van der Waals surface area contributed by atoms with Gasteiger partial charge in [-0.05, 0) is 62.3 Å². The Bertz CT molecular complexity index is 1260. The van der Waals surface area contributed by atoms with Crippen molar-refractivity contribution in [1.82, 2.24) is 19.9 Å². The summed E-state index contributed by atoms with van der Waals surface area (Å²) in [6.07, 6.45) is 3.92. The average molecular weight is 472 g/mol. The highest BCUT2D eigenvalue weighted by atomic mass is 16.5. The lowest BCUT2D eigenvalue weighted by Crippen LogP contribution is -2.27. The molecule has 35 heavy (non-hydrogen) atoms. The summed E-state index contributed by atoms with van der Waals surface area (Å²) in [6, 6.07) is 17.3. The van der Waals surface area contributed by atoms with Crippen LogP contribution in [0.25, 0.3) is 22.6 Å². The summed E-state index contributed by atoms with van der Waals surface area (Å²) in [7, 11) is 3.44. The molecule has 2 heterocycles. The molecular formula is C28H33N5O2. The normalized spacial score (nSPS) is 11.2. The zero-order chi connectivity index (χ0) is 24.8. The smallest absolute Gasteiger partial charge is 0.258 e. The van der Waals surface area contributed by atoms with Crippen LogP contribution in [0.2, 0.25) is 0 Å². The molecule has 1 amide bonds. The number of hydrogen-bond acceptors (Lipinski definition) is 5. The third kappa shape index (κ3) is 5.35. The number of pyridine rings is 1. The lowest BCUT2D eigenvalue weighted by atomic mass is 10.1. The van der Waals surface area contributed by atoms with Crippen molar-refractivity contribution in [2.75, 3.05) is 32.1 Å². The number of para-hydroxylation sites is 1. The number of nitrogens with one attached hydrogen (secondary N) is 1. The van der Waals surface area contributed by atoms with Crippen LogP contribution in [0.1, 0.15) is 42.6 Å². The van der Waals surface area contributed by atoms with Crippen molar-refractivity contribution >= 4 is 22.8 Å². The van der Waals surface area contributed by atoms with E-state index in [1.807, 2.05) is 54.6 Å². The Morgan fingerprint density at radius 2 is 1.80 bits per heavy atom. The minimum Gasteiger partial charge on any atom is -0.496 e. The van der Waals surface area contributed by atoms with Crippen LogP contribution >= 0.6 is 0 Å². The first-order valence-corrected chi connectivity index (χ1v) is 12.1. The fourth-order valence-electron chi connectivity index (χ4n) is 4.39. The number of ether oxygens (including phenoxy) is 1. The summed E-state index contributed by atoms with van der Waals surface area (Å²) in [5, 5.41) is 0. The molecule has 7 heteroatoms. The molecule has 0 atom stereocenters. The molecule has 0 spiro atoms. The molecule has 0 aliphatic heterocycles. The maximum absolute atomic E-state index is 13.5. The Kier molecular flexibility index (Phi) is 7.77. The lowest BCUT2D eigenvalue weighted by molar-refractivity contribution is 0.0992. The molecule has 2 aromatic heterocycles. The molecular weight excluding hydrogens is 438 g/mol. The van der Waals surface area contributed by atoms with E-state index in [1.54, 1.807) is 25.3 Å². The zero-order valence-corrected chi connectivity index (χ0v) is 20.9. The largest absolute Gasteiger partial charge is 0.496 e. The number of hydrogen-bond donors (Lipinski definition) is 1. The molecule has 1 N–H and O–H groups in total. The van der Waals surface area contributed by atoms with E-state index in [0.29, 0.717) is 17.0 Å². The molecule has 182 valence electrons. The summed E-state index contributed by atoms with van der Waals surface area (Å²) in [5.74, 6) is 1.29. The minimum absolute atomic E-state index is 0.115. The van der Waals surface area contributed by atoms with E-state index in [2.05, 4.69) is 33.7 Å². The van der Waals surface area contributed by atoms with Crippen molar-refractivity contribution in [3.63, 3.8) is 0 Å². The van der Waals surface area contributed by atoms with Crippen LogP contribution in [-0.4, -0.2) is 53.0 Å². The van der Waals surface area contributed by atoms with E-state index in [9.17, 15) is 4.79 Å². The third-order valence-corrected chi connectivity index (χ3v) is 6.09. The Morgan fingerprint density at radius 3 is 2.51 bits per heavy atom. The number of amides is 1. The van der Waals surface area contributed by atoms with E-state index < -0.39 is 0 Å². The topological polar surface area (TPSA) is 74.4 Å². The van der Waals surface area contributed by atoms with Gasteiger partial charge in [0.05, 0.1) is 18.3 Å². The van der Waals surface area contributed by atoms with Gasteiger partial charge in [-0.25, -0.2) is 9.97 Å². The maximum atomic E-state index is 13.5. The van der Waals surface area contributed by atoms with Gasteiger partial charge in [0.15, 0.2) is 5.65 Å². The van der Waals surface area contributed by atoms with Gasteiger partial charge in [0.2, 0.25) is 0 Å². The first-order valence-electron chi connectivity index (χ1n) is 12.1. The zero-order valence-electron chi connectivity index (χ0n) is 20.9. The van der Waals surface area contributed by atoms with Crippen LogP contribution in [0.5, 0.6) is 5.75 Å². The molecule has 0 bridgehead atoms. The molecule has 0 aliphatic rings. The van der Waals surface area contributed by atoms with Gasteiger partial charge >= 0.3 is 0 Å². The number of H-pyrrole nitrogens is 1. The van der Waals surface area contributed by atoms with Crippen LogP contribution in [-0.2, 0) is 6.54 Å². The Labute approximate surface area is 206 Å². The predicted molar refractivity (Wildman–Crippen MR) is 141 cm³/mol. The molecule has 4 aromatic rings. The van der Waals surface area contributed by atoms with Gasteiger partial charge in [0.25, 0.3) is 5.91 Å². The molecule has 0 aliphatic carbocycles. The van der Waals surface area contributed by atoms with Crippen molar-refractivity contribution in [2.45, 2.75) is 33.2 Å². The van der Waals surface area contributed by atoms with Crippen LogP contribution < -0.4 is 9.64 Å². The number of aromatic nitrogens is 3. The van der Waals surface area contributed by atoms with Crippen LogP contribution in [0.3, 0.4) is 0 Å². The molecule has 0 radical (unpaired) electrons. The summed E-state index contributed by atoms with van der Waals surface area (Å²) < 4.78 is 5.69. The minimum atomic E-state index is -0.115. The Balaban J connectivity index is 1.61. The predicted octanol–water partition coefficient (Wildman–Crippen LogP) is 5.53. The number of anilines is 1. The van der Waals surface area contributed by atoms with E-state index in [-0.39, 0.29) is 5.91 Å². The summed E-state index contributed by atoms with van der Waals surface area (Å²) in [5.41, 5.74) is 4.76. The number of imidazole rings is 1. The SMILES string of the molecule is CCCN(CCC)Cc1ccc(C(=O)N(C)c2ccccc2-c2nc3ncccc3[nH]2)cc1OC. The highest BCUT2D eigenvalue weighted by Crippen LogP contribution is 2.31. The van der Waals surface area contributed by atoms with E-state index in [0.717, 1.165) is 60.6 Å². The summed E-state index contributed by atoms with van der Waals surface area (Å²) in [4.78, 5) is 29.9. The van der Waals surface area contributed by atoms with Crippen molar-refractivity contribution in [3.05, 3.63) is 71.9 Å². The third-order valence-electron chi connectivity index (χ3n) is 6.09. The highest BCUT2D eigenvalue weighted by molar-refractivity contribution is 6.07. The number of carbonyl (C=O) groups excluding carboxylic acids is 1. The van der Waals surface area contributed by atoms with Crippen molar-refractivity contribution < 1.29 is 9.53 Å². The molecule has 4 rings (SSSR count). The number of nitrogens with zero attached hydrogens (tertiary/aromatic N) is 4. The Morgan fingerprint density at radius 1 is 1.03 bits per heavy atom. The molecule has 0 unspecified atom stereocenters. The van der Waals surface area contributed by atoms with E-state index in [1.165, 1.54) is 0 Å². The number of rotatable bonds is 10. The van der Waals surface area contributed by atoms with Crippen molar-refractivity contribution in [2.24, 2.45) is 0 Å². The quantitative estimate of drug-likeness (QED) is 0.329. The second-order valence-electron chi connectivity index (χ2n) is 8.64. The molecule has 7 nitrogen and oxygen atoms in total. The monoisotopic (exact) mass is 471 g/mol. The molecule has 0 fully saturated rings. The van der Waals surface area contributed by atoms with Crippen molar-refractivity contribution in [3.8, 4) is 17.1 Å². The second-order valence-corrected chi connectivity index (χ2v) is 8.64. The van der Waals surface area contributed by atoms with Gasteiger partial charge in [0.1, 0.15) is 11.6 Å². The van der Waals surface area contributed by atoms with Gasteiger partial charge in [0, 0.05) is 36.5 Å². The first-order chi connectivity index (χ1) is 17.0. The lowest BCUT2D eigenvalue weighted by Gasteiger charge is -2.23. The van der Waals surface area contributed by atoms with E-state index >= 15 is 0 Å². The van der Waals surface area contributed by atoms with Crippen LogP contribution in [0, 0.1) is 0 Å². The molecule has 0 saturated carbocycles. The fraction of sp³-hybridized carbons (Fsp3) is 0.321. The van der Waals surface area contributed by atoms with Gasteiger partial charge in [-0.1, -0.05) is 32.0 Å². The number of methoxy groups -OCH3 is 1. The Hall–Kier alpha value is -3.71. The molecule has 0 saturated heterocycles. The second kappa shape index (κ2) is 11.1. The fourth-order valence-corrected chi connectivity index (χ4v) is 4.39. The van der Waals surface area contributed by atoms with Crippen molar-refractivity contribution in [1.29, 1.82) is 0 Å². The van der Waals surface area contributed by atoms with Gasteiger partial charge in [-0.3, -0.25) is 9.69 Å².